The Morgan fingerprint density at radius 1 is 0.941 bits per heavy atom. The molecule has 5 aliphatic carbocycles. The zero-order valence-corrected chi connectivity index (χ0v) is 22.5. The molecule has 5 rings (SSSR count). The van der Waals surface area contributed by atoms with Crippen molar-refractivity contribution in [3.8, 4) is 0 Å². The number of fused-ring (bicyclic) bond motifs is 7. The second kappa shape index (κ2) is 7.34. The van der Waals surface area contributed by atoms with Crippen LogP contribution in [0.3, 0.4) is 0 Å². The third-order valence-electron chi connectivity index (χ3n) is 13.4. The third-order valence-corrected chi connectivity index (χ3v) is 13.4. The molecular weight excluding hydrogens is 424 g/mol. The Morgan fingerprint density at radius 3 is 2.26 bits per heavy atom. The summed E-state index contributed by atoms with van der Waals surface area (Å²) in [6.45, 7) is 16.3. The van der Waals surface area contributed by atoms with Gasteiger partial charge in [0.15, 0.2) is 0 Å². The maximum atomic E-state index is 12.8. The summed E-state index contributed by atoms with van der Waals surface area (Å²) in [5.41, 5.74) is 0.574. The summed E-state index contributed by atoms with van der Waals surface area (Å²) in [5.74, 6) is 1.30. The number of allylic oxidation sites excluding steroid dienone is 2. The second-order valence-corrected chi connectivity index (χ2v) is 14.6. The molecule has 0 bridgehead atoms. The molecule has 0 amide bonds. The summed E-state index contributed by atoms with van der Waals surface area (Å²) in [6.07, 6.45) is 8.53. The van der Waals surface area contributed by atoms with Gasteiger partial charge in [0.25, 0.3) is 0 Å². The summed E-state index contributed by atoms with van der Waals surface area (Å²) >= 11 is 0. The lowest BCUT2D eigenvalue weighted by Crippen LogP contribution is -2.67. The highest BCUT2D eigenvalue weighted by Crippen LogP contribution is 2.75. The fourth-order valence-electron chi connectivity index (χ4n) is 11.0. The molecule has 0 unspecified atom stereocenters. The van der Waals surface area contributed by atoms with Gasteiger partial charge in [0.1, 0.15) is 0 Å². The zero-order chi connectivity index (χ0) is 25.1. The zero-order valence-electron chi connectivity index (χ0n) is 22.5. The summed E-state index contributed by atoms with van der Waals surface area (Å²) in [4.78, 5) is 12.8. The molecule has 4 saturated carbocycles. The van der Waals surface area contributed by atoms with E-state index in [0.29, 0.717) is 30.1 Å². The number of carbonyl (C=O) groups is 1. The lowest BCUT2D eigenvalue weighted by atomic mass is 9.33. The summed E-state index contributed by atoms with van der Waals surface area (Å²) < 4.78 is 0. The summed E-state index contributed by atoms with van der Waals surface area (Å²) in [6, 6.07) is 0. The molecule has 4 nitrogen and oxygen atoms in total. The van der Waals surface area contributed by atoms with Crippen LogP contribution in [-0.4, -0.2) is 33.5 Å². The van der Waals surface area contributed by atoms with Crippen molar-refractivity contribution in [3.63, 3.8) is 0 Å². The van der Waals surface area contributed by atoms with Gasteiger partial charge in [-0.1, -0.05) is 60.1 Å². The molecule has 4 heteroatoms. The third kappa shape index (κ3) is 2.76. The highest BCUT2D eigenvalue weighted by molar-refractivity contribution is 5.76. The minimum absolute atomic E-state index is 0.00993. The Morgan fingerprint density at radius 2 is 1.62 bits per heavy atom. The predicted molar refractivity (Wildman–Crippen MR) is 134 cm³/mol. The smallest absolute Gasteiger partial charge is 0.310 e. The van der Waals surface area contributed by atoms with E-state index in [1.807, 2.05) is 0 Å². The SMILES string of the molecule is C[C@H]1[C@H](C)CC[C@@]2(C(=O)O)CC[C@@]3(C)C(=CC[C@H]4[C@@]5(C)C[C@@H](O)[C@H](O)C(C)(C)[C@@H]5CC[C@]43C)[C@H]12. The first-order chi connectivity index (χ1) is 15.7. The van der Waals surface area contributed by atoms with Gasteiger partial charge in [0, 0.05) is 0 Å². The van der Waals surface area contributed by atoms with Gasteiger partial charge < -0.3 is 15.3 Å². The fraction of sp³-hybridized carbons (Fsp3) is 0.900. The molecule has 0 aromatic rings. The van der Waals surface area contributed by atoms with E-state index >= 15 is 0 Å². The van der Waals surface area contributed by atoms with Gasteiger partial charge in [-0.25, -0.2) is 0 Å². The highest BCUT2D eigenvalue weighted by atomic mass is 16.4. The Hall–Kier alpha value is -0.870. The van der Waals surface area contributed by atoms with Crippen molar-refractivity contribution in [1.82, 2.24) is 0 Å². The molecular formula is C30H48O4. The Bertz CT molecular complexity index is 907. The molecule has 192 valence electrons. The van der Waals surface area contributed by atoms with Crippen LogP contribution in [0.15, 0.2) is 11.6 Å². The van der Waals surface area contributed by atoms with Crippen LogP contribution >= 0.6 is 0 Å². The summed E-state index contributed by atoms with van der Waals surface area (Å²) in [7, 11) is 0. The van der Waals surface area contributed by atoms with Gasteiger partial charge in [-0.05, 0) is 103 Å². The van der Waals surface area contributed by atoms with E-state index in [1.54, 1.807) is 0 Å². The van der Waals surface area contributed by atoms with E-state index in [1.165, 1.54) is 5.57 Å². The van der Waals surface area contributed by atoms with Crippen molar-refractivity contribution in [1.29, 1.82) is 0 Å². The van der Waals surface area contributed by atoms with Crippen LogP contribution in [0.1, 0.15) is 99.8 Å². The number of rotatable bonds is 1. The average Bonchev–Trinajstić information content (AvgIpc) is 2.75. The quantitative estimate of drug-likeness (QED) is 0.405. The van der Waals surface area contributed by atoms with Crippen LogP contribution in [0.5, 0.6) is 0 Å². The van der Waals surface area contributed by atoms with Crippen LogP contribution in [-0.2, 0) is 4.79 Å². The molecule has 0 heterocycles. The van der Waals surface area contributed by atoms with Crippen molar-refractivity contribution in [2.75, 3.05) is 0 Å². The minimum atomic E-state index is -0.679. The molecule has 0 aliphatic heterocycles. The molecule has 11 atom stereocenters. The molecule has 0 saturated heterocycles. The molecule has 4 fully saturated rings. The van der Waals surface area contributed by atoms with Crippen LogP contribution in [0.4, 0.5) is 0 Å². The second-order valence-electron chi connectivity index (χ2n) is 14.6. The number of carboxylic acids is 1. The Balaban J connectivity index is 1.62. The Kier molecular flexibility index (Phi) is 5.36. The first kappa shape index (κ1) is 24.8. The molecule has 0 aromatic carbocycles. The van der Waals surface area contributed by atoms with E-state index in [2.05, 4.69) is 54.5 Å². The molecule has 0 aromatic heterocycles. The molecule has 0 radical (unpaired) electrons. The van der Waals surface area contributed by atoms with E-state index in [-0.39, 0.29) is 27.6 Å². The summed E-state index contributed by atoms with van der Waals surface area (Å²) in [5, 5.41) is 32.4. The van der Waals surface area contributed by atoms with Crippen molar-refractivity contribution in [2.24, 2.45) is 56.7 Å². The average molecular weight is 473 g/mol. The number of aliphatic hydroxyl groups excluding tert-OH is 2. The Labute approximate surface area is 206 Å². The standard InChI is InChI=1S/C30H48O4/c1-17-10-13-30(25(33)34)15-14-28(6)19(23(30)18(17)2)8-9-22-27(5)16-20(31)24(32)26(3,4)21(27)11-12-29(22,28)7/h8,17-18,20-24,31-32H,9-16H2,1-7H3,(H,33,34)/t17-,18+,20-,21+,22+,23+,24+,27+,28+,29-,30-/m1/s1. The molecule has 3 N–H and O–H groups in total. The largest absolute Gasteiger partial charge is 0.481 e. The van der Waals surface area contributed by atoms with Crippen molar-refractivity contribution < 1.29 is 20.1 Å². The maximum Gasteiger partial charge on any atom is 0.310 e. The van der Waals surface area contributed by atoms with Crippen LogP contribution in [0.25, 0.3) is 0 Å². The number of hydrogen-bond acceptors (Lipinski definition) is 3. The van der Waals surface area contributed by atoms with Gasteiger partial charge in [0.05, 0.1) is 17.6 Å². The van der Waals surface area contributed by atoms with Gasteiger partial charge >= 0.3 is 5.97 Å². The van der Waals surface area contributed by atoms with Gasteiger partial charge in [-0.2, -0.15) is 0 Å². The maximum absolute atomic E-state index is 12.8. The normalized spacial score (nSPS) is 56.3. The molecule has 34 heavy (non-hydrogen) atoms. The van der Waals surface area contributed by atoms with Crippen LogP contribution in [0, 0.1) is 56.7 Å². The van der Waals surface area contributed by atoms with Crippen LogP contribution < -0.4 is 0 Å². The van der Waals surface area contributed by atoms with E-state index < -0.39 is 23.6 Å². The van der Waals surface area contributed by atoms with Gasteiger partial charge in [0.2, 0.25) is 0 Å². The lowest BCUT2D eigenvalue weighted by molar-refractivity contribution is -0.232. The molecule has 5 aliphatic rings. The predicted octanol–water partition coefficient (Wildman–Crippen LogP) is 6.06. The van der Waals surface area contributed by atoms with E-state index in [0.717, 1.165) is 44.9 Å². The van der Waals surface area contributed by atoms with E-state index in [4.69, 9.17) is 0 Å². The minimum Gasteiger partial charge on any atom is -0.481 e. The highest BCUT2D eigenvalue weighted by Gasteiger charge is 2.70. The van der Waals surface area contributed by atoms with Crippen molar-refractivity contribution in [3.05, 3.63) is 11.6 Å². The number of aliphatic carboxylic acids is 1. The van der Waals surface area contributed by atoms with Gasteiger partial charge in [-0.15, -0.1) is 0 Å². The first-order valence-electron chi connectivity index (χ1n) is 14.0. The van der Waals surface area contributed by atoms with Crippen LogP contribution in [0.2, 0.25) is 0 Å². The lowest BCUT2D eigenvalue weighted by Gasteiger charge is -2.71. The fourth-order valence-corrected chi connectivity index (χ4v) is 11.0. The topological polar surface area (TPSA) is 77.8 Å². The van der Waals surface area contributed by atoms with Gasteiger partial charge in [-0.3, -0.25) is 4.79 Å². The van der Waals surface area contributed by atoms with Crippen molar-refractivity contribution in [2.45, 2.75) is 112 Å². The first-order valence-corrected chi connectivity index (χ1v) is 14.0. The molecule has 0 spiro atoms. The van der Waals surface area contributed by atoms with Crippen molar-refractivity contribution >= 4 is 5.97 Å². The monoisotopic (exact) mass is 472 g/mol. The number of carboxylic acid groups (broad SMARTS) is 1. The number of aliphatic hydroxyl groups is 2. The number of hydrogen-bond donors (Lipinski definition) is 3. The van der Waals surface area contributed by atoms with E-state index in [9.17, 15) is 20.1 Å².